The fraction of sp³-hybridized carbons (Fsp3) is 0.154. The zero-order valence-electron chi connectivity index (χ0n) is 8.48. The van der Waals surface area contributed by atoms with Gasteiger partial charge in [0.1, 0.15) is 0 Å². The predicted octanol–water partition coefficient (Wildman–Crippen LogP) is 3.31. The van der Waals surface area contributed by atoms with E-state index in [4.69, 9.17) is 0 Å². The summed E-state index contributed by atoms with van der Waals surface area (Å²) in [4.78, 5) is 4.23. The minimum atomic E-state index is 0.814. The van der Waals surface area contributed by atoms with E-state index >= 15 is 0 Å². The normalized spacial score (nSPS) is 11.2. The minimum Gasteiger partial charge on any atom is -0.261 e. The molecule has 1 aromatic heterocycles. The van der Waals surface area contributed by atoms with Crippen LogP contribution in [0.5, 0.6) is 0 Å². The van der Waals surface area contributed by atoms with Crippen molar-refractivity contribution in [2.45, 2.75) is 13.3 Å². The fourth-order valence-corrected chi connectivity index (χ4v) is 1.10. The van der Waals surface area contributed by atoms with Gasteiger partial charge in [0.05, 0.1) is 0 Å². The quantitative estimate of drug-likeness (QED) is 0.656. The third-order valence-electron chi connectivity index (χ3n) is 1.77. The fourth-order valence-electron chi connectivity index (χ4n) is 1.10. The van der Waals surface area contributed by atoms with E-state index in [1.807, 2.05) is 49.4 Å². The molecule has 0 amide bonds. The van der Waals surface area contributed by atoms with Crippen LogP contribution < -0.4 is 0 Å². The zero-order valence-corrected chi connectivity index (χ0v) is 8.48. The molecule has 1 rings (SSSR count). The average Bonchev–Trinajstić information content (AvgIpc) is 2.20. The number of nitrogens with zero attached hydrogens (tertiary/aromatic N) is 1. The maximum atomic E-state index is 4.23. The maximum Gasteiger partial charge on any atom is 0.0447 e. The van der Waals surface area contributed by atoms with Crippen LogP contribution in [0, 0.1) is 0 Å². The summed E-state index contributed by atoms with van der Waals surface area (Å²) in [5, 5.41) is 0. The lowest BCUT2D eigenvalue weighted by molar-refractivity contribution is 1.08. The Balaban J connectivity index is 2.50. The van der Waals surface area contributed by atoms with Gasteiger partial charge in [-0.15, -0.1) is 0 Å². The highest BCUT2D eigenvalue weighted by atomic mass is 14.7. The molecule has 0 fully saturated rings. The van der Waals surface area contributed by atoms with Crippen molar-refractivity contribution in [2.75, 3.05) is 0 Å². The van der Waals surface area contributed by atoms with E-state index in [9.17, 15) is 0 Å². The van der Waals surface area contributed by atoms with Crippen LogP contribution >= 0.6 is 0 Å². The standard InChI is InChI=1S/C13H15N/c1-3-4-5-8-12(2)11-13-9-6-7-10-14-13/h3-10H,2,11H2,1H3/b4-3-,8-5-. The van der Waals surface area contributed by atoms with Crippen LogP contribution in [0.25, 0.3) is 0 Å². The first kappa shape index (κ1) is 10.5. The summed E-state index contributed by atoms with van der Waals surface area (Å²) in [6.07, 6.45) is 10.6. The largest absolute Gasteiger partial charge is 0.261 e. The minimum absolute atomic E-state index is 0.814. The van der Waals surface area contributed by atoms with Crippen LogP contribution in [0.3, 0.4) is 0 Å². The Morgan fingerprint density at radius 3 is 2.93 bits per heavy atom. The van der Waals surface area contributed by atoms with E-state index in [2.05, 4.69) is 11.6 Å². The Morgan fingerprint density at radius 1 is 1.43 bits per heavy atom. The van der Waals surface area contributed by atoms with Crippen LogP contribution in [0.15, 0.2) is 60.9 Å². The second kappa shape index (κ2) is 5.92. The van der Waals surface area contributed by atoms with Crippen LogP contribution in [0.1, 0.15) is 12.6 Å². The lowest BCUT2D eigenvalue weighted by Gasteiger charge is -1.98. The van der Waals surface area contributed by atoms with E-state index < -0.39 is 0 Å². The molecule has 0 aliphatic carbocycles. The highest BCUT2D eigenvalue weighted by molar-refractivity contribution is 5.24. The van der Waals surface area contributed by atoms with Gasteiger partial charge in [-0.1, -0.05) is 36.9 Å². The van der Waals surface area contributed by atoms with Gasteiger partial charge in [-0.05, 0) is 24.6 Å². The molecule has 0 aromatic carbocycles. The van der Waals surface area contributed by atoms with Gasteiger partial charge in [-0.2, -0.15) is 0 Å². The van der Waals surface area contributed by atoms with E-state index in [0.717, 1.165) is 17.7 Å². The number of aromatic nitrogens is 1. The summed E-state index contributed by atoms with van der Waals surface area (Å²) in [6, 6.07) is 5.92. The van der Waals surface area contributed by atoms with Crippen molar-refractivity contribution >= 4 is 0 Å². The number of hydrogen-bond acceptors (Lipinski definition) is 1. The first-order valence-corrected chi connectivity index (χ1v) is 4.70. The van der Waals surface area contributed by atoms with Gasteiger partial charge < -0.3 is 0 Å². The molecule has 1 nitrogen and oxygen atoms in total. The van der Waals surface area contributed by atoms with Crippen molar-refractivity contribution in [1.82, 2.24) is 4.98 Å². The van der Waals surface area contributed by atoms with Crippen LogP contribution in [0.2, 0.25) is 0 Å². The summed E-state index contributed by atoms with van der Waals surface area (Å²) in [5.74, 6) is 0. The molecule has 0 atom stereocenters. The Morgan fingerprint density at radius 2 is 2.29 bits per heavy atom. The topological polar surface area (TPSA) is 12.9 Å². The van der Waals surface area contributed by atoms with Gasteiger partial charge in [0.15, 0.2) is 0 Å². The molecule has 14 heavy (non-hydrogen) atoms. The molecule has 0 N–H and O–H groups in total. The van der Waals surface area contributed by atoms with Crippen LogP contribution in [-0.4, -0.2) is 4.98 Å². The van der Waals surface area contributed by atoms with E-state index in [1.54, 1.807) is 6.20 Å². The average molecular weight is 185 g/mol. The molecule has 72 valence electrons. The Hall–Kier alpha value is -1.63. The molecule has 1 heterocycles. The molecule has 0 saturated carbocycles. The Kier molecular flexibility index (Phi) is 4.42. The molecule has 0 saturated heterocycles. The maximum absolute atomic E-state index is 4.23. The predicted molar refractivity (Wildman–Crippen MR) is 61.0 cm³/mol. The molecule has 1 aromatic rings. The van der Waals surface area contributed by atoms with Gasteiger partial charge >= 0.3 is 0 Å². The van der Waals surface area contributed by atoms with Gasteiger partial charge in [0.25, 0.3) is 0 Å². The Bertz CT molecular complexity index is 334. The monoisotopic (exact) mass is 185 g/mol. The first-order valence-electron chi connectivity index (χ1n) is 4.70. The molecule has 0 bridgehead atoms. The van der Waals surface area contributed by atoms with E-state index in [-0.39, 0.29) is 0 Å². The van der Waals surface area contributed by atoms with Crippen molar-refractivity contribution < 1.29 is 0 Å². The summed E-state index contributed by atoms with van der Waals surface area (Å²) >= 11 is 0. The lowest BCUT2D eigenvalue weighted by atomic mass is 10.1. The highest BCUT2D eigenvalue weighted by Crippen LogP contribution is 2.04. The van der Waals surface area contributed by atoms with Gasteiger partial charge in [0, 0.05) is 18.3 Å². The van der Waals surface area contributed by atoms with Gasteiger partial charge in [-0.25, -0.2) is 0 Å². The smallest absolute Gasteiger partial charge is 0.0447 e. The molecular weight excluding hydrogens is 170 g/mol. The number of pyridine rings is 1. The molecule has 1 heteroatoms. The van der Waals surface area contributed by atoms with Gasteiger partial charge in [0.2, 0.25) is 0 Å². The number of hydrogen-bond donors (Lipinski definition) is 0. The summed E-state index contributed by atoms with van der Waals surface area (Å²) in [6.45, 7) is 5.95. The van der Waals surface area contributed by atoms with Gasteiger partial charge in [-0.3, -0.25) is 4.98 Å². The summed E-state index contributed by atoms with van der Waals surface area (Å²) in [5.41, 5.74) is 2.13. The molecule has 0 aliphatic rings. The zero-order chi connectivity index (χ0) is 10.2. The second-order valence-electron chi connectivity index (χ2n) is 3.04. The van der Waals surface area contributed by atoms with Crippen molar-refractivity contribution in [2.24, 2.45) is 0 Å². The number of rotatable bonds is 4. The van der Waals surface area contributed by atoms with Crippen molar-refractivity contribution in [3.63, 3.8) is 0 Å². The van der Waals surface area contributed by atoms with Crippen LogP contribution in [-0.2, 0) is 6.42 Å². The third-order valence-corrected chi connectivity index (χ3v) is 1.77. The van der Waals surface area contributed by atoms with Crippen molar-refractivity contribution in [1.29, 1.82) is 0 Å². The second-order valence-corrected chi connectivity index (χ2v) is 3.04. The molecule has 0 radical (unpaired) electrons. The van der Waals surface area contributed by atoms with Crippen molar-refractivity contribution in [3.05, 3.63) is 66.5 Å². The van der Waals surface area contributed by atoms with E-state index in [1.165, 1.54) is 0 Å². The number of allylic oxidation sites excluding steroid dienone is 5. The molecule has 0 aliphatic heterocycles. The van der Waals surface area contributed by atoms with Crippen LogP contribution in [0.4, 0.5) is 0 Å². The lowest BCUT2D eigenvalue weighted by Crippen LogP contribution is -1.89. The first-order chi connectivity index (χ1) is 6.83. The third kappa shape index (κ3) is 3.85. The van der Waals surface area contributed by atoms with Crippen molar-refractivity contribution in [3.8, 4) is 0 Å². The summed E-state index contributed by atoms with van der Waals surface area (Å²) in [7, 11) is 0. The molecule has 0 unspecified atom stereocenters. The summed E-state index contributed by atoms with van der Waals surface area (Å²) < 4.78 is 0. The van der Waals surface area contributed by atoms with E-state index in [0.29, 0.717) is 0 Å². The molecule has 0 spiro atoms. The molecular formula is C13H15N. The highest BCUT2D eigenvalue weighted by Gasteiger charge is 1.93. The SMILES string of the molecule is C=C(/C=C\C=C/C)Cc1ccccn1. The Labute approximate surface area is 85.5 Å².